The molecule has 4 heteroatoms. The average Bonchev–Trinajstić information content (AvgIpc) is 2.05. The summed E-state index contributed by atoms with van der Waals surface area (Å²) in [4.78, 5) is 0. The minimum Gasteiger partial charge on any atom is -0.192 e. The van der Waals surface area contributed by atoms with Crippen molar-refractivity contribution in [3.8, 4) is 6.07 Å². The normalized spacial score (nSPS) is 9.92. The van der Waals surface area contributed by atoms with E-state index in [4.69, 9.17) is 16.9 Å². The van der Waals surface area contributed by atoms with E-state index in [1.165, 1.54) is 0 Å². The van der Waals surface area contributed by atoms with Gasteiger partial charge >= 0.3 is 0 Å². The van der Waals surface area contributed by atoms with Crippen LogP contribution >= 0.6 is 43.5 Å². The van der Waals surface area contributed by atoms with E-state index in [9.17, 15) is 0 Å². The molecular weight excluding hydrogens is 305 g/mol. The fraction of sp³-hybridized carbons (Fsp3) is 0.125. The Morgan fingerprint density at radius 1 is 1.42 bits per heavy atom. The molecule has 1 aromatic carbocycles. The lowest BCUT2D eigenvalue weighted by Crippen LogP contribution is -1.83. The van der Waals surface area contributed by atoms with Gasteiger partial charge in [0.15, 0.2) is 0 Å². The number of hydrogen-bond acceptors (Lipinski definition) is 1. The van der Waals surface area contributed by atoms with Crippen LogP contribution in [0.4, 0.5) is 0 Å². The second-order valence-corrected chi connectivity index (χ2v) is 5.62. The second-order valence-electron chi connectivity index (χ2n) is 2.15. The lowest BCUT2D eigenvalue weighted by Gasteiger charge is -2.02. The highest BCUT2D eigenvalue weighted by atomic mass is 79.9. The topological polar surface area (TPSA) is 23.8 Å². The Morgan fingerprint density at radius 2 is 2.08 bits per heavy atom. The summed E-state index contributed by atoms with van der Waals surface area (Å²) in [5.41, 5.74) is 1.48. The summed E-state index contributed by atoms with van der Waals surface area (Å²) < 4.78 is 0.0642. The van der Waals surface area contributed by atoms with Gasteiger partial charge in [0.25, 0.3) is 0 Å². The summed E-state index contributed by atoms with van der Waals surface area (Å²) in [5.74, 6) is 0. The lowest BCUT2D eigenvalue weighted by molar-refractivity contribution is 1.39. The molecule has 0 saturated carbocycles. The summed E-state index contributed by atoms with van der Waals surface area (Å²) in [5, 5.41) is 9.15. The van der Waals surface area contributed by atoms with Gasteiger partial charge in [0.05, 0.1) is 14.3 Å². The third-order valence-corrected chi connectivity index (χ3v) is 2.75. The zero-order valence-electron chi connectivity index (χ0n) is 5.89. The van der Waals surface area contributed by atoms with E-state index in [2.05, 4.69) is 31.9 Å². The molecule has 1 rings (SSSR count). The van der Waals surface area contributed by atoms with E-state index >= 15 is 0 Å². The molecule has 0 amide bonds. The molecule has 0 aliphatic heterocycles. The zero-order chi connectivity index (χ0) is 9.14. The van der Waals surface area contributed by atoms with Gasteiger partial charge in [-0.25, -0.2) is 0 Å². The SMILES string of the molecule is N#Cc1cc(C(Br)Br)ccc1Cl. The van der Waals surface area contributed by atoms with E-state index in [1.807, 2.05) is 12.1 Å². The van der Waals surface area contributed by atoms with Gasteiger partial charge in [-0.05, 0) is 17.7 Å². The third kappa shape index (κ3) is 2.22. The number of alkyl halides is 2. The van der Waals surface area contributed by atoms with Gasteiger partial charge in [-0.15, -0.1) is 0 Å². The van der Waals surface area contributed by atoms with Gasteiger partial charge in [-0.1, -0.05) is 49.5 Å². The van der Waals surface area contributed by atoms with Crippen LogP contribution in [0, 0.1) is 11.3 Å². The molecule has 0 aliphatic carbocycles. The van der Waals surface area contributed by atoms with Crippen LogP contribution in [0.3, 0.4) is 0 Å². The highest BCUT2D eigenvalue weighted by Crippen LogP contribution is 2.31. The highest BCUT2D eigenvalue weighted by molar-refractivity contribution is 9.24. The first kappa shape index (κ1) is 10.0. The number of rotatable bonds is 1. The lowest BCUT2D eigenvalue weighted by atomic mass is 10.1. The van der Waals surface area contributed by atoms with E-state index in [0.717, 1.165) is 5.56 Å². The van der Waals surface area contributed by atoms with E-state index in [0.29, 0.717) is 10.6 Å². The molecule has 0 aliphatic rings. The highest BCUT2D eigenvalue weighted by Gasteiger charge is 2.05. The summed E-state index contributed by atoms with van der Waals surface area (Å²) in [6.07, 6.45) is 0. The van der Waals surface area contributed by atoms with E-state index in [1.54, 1.807) is 12.1 Å². The molecule has 0 bridgehead atoms. The first-order valence-electron chi connectivity index (χ1n) is 3.13. The Bertz CT molecular complexity index is 330. The first-order chi connectivity index (χ1) is 5.65. The molecule has 0 spiro atoms. The predicted molar refractivity (Wildman–Crippen MR) is 56.8 cm³/mol. The molecule has 0 atom stereocenters. The average molecular weight is 309 g/mol. The van der Waals surface area contributed by atoms with Gasteiger partial charge in [-0.2, -0.15) is 5.26 Å². The molecule has 0 unspecified atom stereocenters. The molecule has 0 fully saturated rings. The van der Waals surface area contributed by atoms with Crippen LogP contribution in [0.1, 0.15) is 14.9 Å². The van der Waals surface area contributed by atoms with Gasteiger partial charge in [-0.3, -0.25) is 0 Å². The van der Waals surface area contributed by atoms with Crippen LogP contribution < -0.4 is 0 Å². The molecule has 0 heterocycles. The van der Waals surface area contributed by atoms with Crippen molar-refractivity contribution in [1.82, 2.24) is 0 Å². The third-order valence-electron chi connectivity index (χ3n) is 1.36. The van der Waals surface area contributed by atoms with Crippen molar-refractivity contribution in [1.29, 1.82) is 5.26 Å². The number of nitrogens with zero attached hydrogens (tertiary/aromatic N) is 1. The number of halogens is 3. The molecule has 0 radical (unpaired) electrons. The van der Waals surface area contributed by atoms with Crippen LogP contribution in [-0.2, 0) is 0 Å². The van der Waals surface area contributed by atoms with Crippen LogP contribution in [0.15, 0.2) is 18.2 Å². The van der Waals surface area contributed by atoms with Gasteiger partial charge in [0.1, 0.15) is 6.07 Å². The maximum absolute atomic E-state index is 8.66. The van der Waals surface area contributed by atoms with Crippen molar-refractivity contribution in [2.75, 3.05) is 0 Å². The molecule has 12 heavy (non-hydrogen) atoms. The Labute approximate surface area is 92.6 Å². The van der Waals surface area contributed by atoms with Crippen molar-refractivity contribution in [2.45, 2.75) is 3.74 Å². The van der Waals surface area contributed by atoms with Crippen molar-refractivity contribution in [3.05, 3.63) is 34.3 Å². The van der Waals surface area contributed by atoms with Crippen molar-refractivity contribution in [2.24, 2.45) is 0 Å². The quantitative estimate of drug-likeness (QED) is 0.719. The Morgan fingerprint density at radius 3 is 2.58 bits per heavy atom. The van der Waals surface area contributed by atoms with Crippen LogP contribution in [-0.4, -0.2) is 0 Å². The van der Waals surface area contributed by atoms with Crippen LogP contribution in [0.2, 0.25) is 5.02 Å². The molecule has 0 aromatic heterocycles. The molecule has 0 N–H and O–H groups in total. The summed E-state index contributed by atoms with van der Waals surface area (Å²) in [6, 6.07) is 7.34. The summed E-state index contributed by atoms with van der Waals surface area (Å²) in [7, 11) is 0. The maximum Gasteiger partial charge on any atom is 0.101 e. The maximum atomic E-state index is 8.66. The van der Waals surface area contributed by atoms with Crippen molar-refractivity contribution < 1.29 is 0 Å². The molecule has 0 saturated heterocycles. The predicted octanol–water partition coefficient (Wildman–Crippen LogP) is 4.00. The Hall–Kier alpha value is -0.0400. The Balaban J connectivity index is 3.16. The fourth-order valence-electron chi connectivity index (χ4n) is 0.764. The van der Waals surface area contributed by atoms with Gasteiger partial charge in [0, 0.05) is 0 Å². The second kappa shape index (κ2) is 4.27. The van der Waals surface area contributed by atoms with Gasteiger partial charge in [0.2, 0.25) is 0 Å². The smallest absolute Gasteiger partial charge is 0.101 e. The minimum atomic E-state index is 0.0642. The van der Waals surface area contributed by atoms with Gasteiger partial charge < -0.3 is 0 Å². The Kier molecular flexibility index (Phi) is 3.57. The monoisotopic (exact) mass is 307 g/mol. The minimum absolute atomic E-state index is 0.0642. The number of benzene rings is 1. The zero-order valence-corrected chi connectivity index (χ0v) is 9.82. The van der Waals surface area contributed by atoms with Crippen molar-refractivity contribution >= 4 is 43.5 Å². The molecule has 62 valence electrons. The van der Waals surface area contributed by atoms with E-state index < -0.39 is 0 Å². The van der Waals surface area contributed by atoms with Crippen LogP contribution in [0.5, 0.6) is 0 Å². The number of hydrogen-bond donors (Lipinski definition) is 0. The fourth-order valence-corrected chi connectivity index (χ4v) is 1.49. The molecular formula is C8H4Br2ClN. The summed E-state index contributed by atoms with van der Waals surface area (Å²) >= 11 is 12.4. The number of nitriles is 1. The standard InChI is InChI=1S/C8H4Br2ClN/c9-8(10)5-1-2-7(11)6(3-5)4-12/h1-3,8H. The van der Waals surface area contributed by atoms with Crippen molar-refractivity contribution in [3.63, 3.8) is 0 Å². The summed E-state index contributed by atoms with van der Waals surface area (Å²) in [6.45, 7) is 0. The molecule has 1 nitrogen and oxygen atoms in total. The first-order valence-corrected chi connectivity index (χ1v) is 5.34. The van der Waals surface area contributed by atoms with E-state index in [-0.39, 0.29) is 3.74 Å². The largest absolute Gasteiger partial charge is 0.192 e. The molecule has 1 aromatic rings. The van der Waals surface area contributed by atoms with Crippen LogP contribution in [0.25, 0.3) is 0 Å².